The molecule has 2 nitrogen and oxygen atoms in total. The maximum atomic E-state index is 10.4. The van der Waals surface area contributed by atoms with Gasteiger partial charge in [0.2, 0.25) is 5.91 Å². The van der Waals surface area contributed by atoms with E-state index in [9.17, 15) is 4.79 Å². The van der Waals surface area contributed by atoms with Crippen LogP contribution in [0.4, 0.5) is 0 Å². The highest BCUT2D eigenvalue weighted by atomic mass is 33.1. The average Bonchev–Trinajstić information content (AvgIpc) is 2.12. The number of primary amides is 1. The number of carbonyl (C=O) groups is 1. The van der Waals surface area contributed by atoms with Crippen LogP contribution in [0.3, 0.4) is 0 Å². The van der Waals surface area contributed by atoms with Gasteiger partial charge in [0.1, 0.15) is 0 Å². The first-order valence-electron chi connectivity index (χ1n) is 2.38. The van der Waals surface area contributed by atoms with Crippen molar-refractivity contribution < 1.29 is 4.79 Å². The van der Waals surface area contributed by atoms with E-state index in [-0.39, 0.29) is 11.2 Å². The first-order valence-corrected chi connectivity index (χ1v) is 4.76. The Morgan fingerprint density at radius 3 is 2.75 bits per heavy atom. The van der Waals surface area contributed by atoms with Gasteiger partial charge in [-0.1, -0.05) is 21.6 Å². The summed E-state index contributed by atoms with van der Waals surface area (Å²) in [5.41, 5.74) is 5.02. The molecular weight excluding hydrogens is 142 g/mol. The lowest BCUT2D eigenvalue weighted by Crippen LogP contribution is -2.23. The fourth-order valence-electron chi connectivity index (χ4n) is 0.523. The van der Waals surface area contributed by atoms with Crippen molar-refractivity contribution >= 4 is 27.5 Å². The quantitative estimate of drug-likeness (QED) is 0.556. The Hall–Kier alpha value is 0.170. The molecule has 4 heteroatoms. The third-order valence-electron chi connectivity index (χ3n) is 0.965. The fourth-order valence-corrected chi connectivity index (χ4v) is 3.22. The van der Waals surface area contributed by atoms with Crippen LogP contribution in [0.5, 0.6) is 0 Å². The molecule has 1 heterocycles. The molecule has 2 N–H and O–H groups in total. The molecule has 1 amide bonds. The lowest BCUT2D eigenvalue weighted by Gasteiger charge is -1.96. The second-order valence-corrected chi connectivity index (χ2v) is 4.29. The monoisotopic (exact) mass is 149 g/mol. The Bertz CT molecular complexity index is 100. The van der Waals surface area contributed by atoms with Gasteiger partial charge in [0, 0.05) is 5.75 Å². The van der Waals surface area contributed by atoms with Crippen molar-refractivity contribution in [2.75, 3.05) is 5.75 Å². The van der Waals surface area contributed by atoms with Gasteiger partial charge in [0.15, 0.2) is 0 Å². The summed E-state index contributed by atoms with van der Waals surface area (Å²) in [6.07, 6.45) is 0.949. The van der Waals surface area contributed by atoms with Gasteiger partial charge in [-0.05, 0) is 6.42 Å². The Morgan fingerprint density at radius 1 is 1.75 bits per heavy atom. The van der Waals surface area contributed by atoms with Crippen LogP contribution in [0.15, 0.2) is 0 Å². The minimum absolute atomic E-state index is 0.0833. The molecule has 1 saturated heterocycles. The van der Waals surface area contributed by atoms with Gasteiger partial charge >= 0.3 is 0 Å². The van der Waals surface area contributed by atoms with Crippen molar-refractivity contribution in [1.82, 2.24) is 0 Å². The summed E-state index contributed by atoms with van der Waals surface area (Å²) < 4.78 is 0. The van der Waals surface area contributed by atoms with Gasteiger partial charge in [0.25, 0.3) is 0 Å². The van der Waals surface area contributed by atoms with E-state index >= 15 is 0 Å². The van der Waals surface area contributed by atoms with Crippen LogP contribution in [-0.4, -0.2) is 16.9 Å². The molecule has 0 aliphatic carbocycles. The van der Waals surface area contributed by atoms with Crippen LogP contribution in [-0.2, 0) is 4.79 Å². The summed E-state index contributed by atoms with van der Waals surface area (Å²) >= 11 is 0. The Labute approximate surface area is 56.0 Å². The highest BCUT2D eigenvalue weighted by Crippen LogP contribution is 2.36. The van der Waals surface area contributed by atoms with E-state index in [0.29, 0.717) is 0 Å². The number of rotatable bonds is 1. The summed E-state index contributed by atoms with van der Waals surface area (Å²) in [6.45, 7) is 0. The summed E-state index contributed by atoms with van der Waals surface area (Å²) in [5.74, 6) is 0.901. The van der Waals surface area contributed by atoms with Crippen molar-refractivity contribution in [3.8, 4) is 0 Å². The molecule has 1 rings (SSSR count). The van der Waals surface area contributed by atoms with Crippen molar-refractivity contribution in [3.05, 3.63) is 0 Å². The normalized spacial score (nSPS) is 28.2. The average molecular weight is 149 g/mol. The summed E-state index contributed by atoms with van der Waals surface area (Å²) in [4.78, 5) is 10.4. The van der Waals surface area contributed by atoms with E-state index in [4.69, 9.17) is 5.73 Å². The maximum absolute atomic E-state index is 10.4. The molecule has 0 saturated carbocycles. The molecule has 0 radical (unpaired) electrons. The van der Waals surface area contributed by atoms with E-state index < -0.39 is 0 Å². The van der Waals surface area contributed by atoms with Crippen LogP contribution in [0, 0.1) is 0 Å². The van der Waals surface area contributed by atoms with Crippen LogP contribution >= 0.6 is 21.6 Å². The lowest BCUT2D eigenvalue weighted by molar-refractivity contribution is -0.117. The van der Waals surface area contributed by atoms with Crippen LogP contribution in [0.25, 0.3) is 0 Å². The summed E-state index contributed by atoms with van der Waals surface area (Å²) in [7, 11) is 3.32. The van der Waals surface area contributed by atoms with E-state index in [0.717, 1.165) is 12.2 Å². The number of carbonyl (C=O) groups excluding carboxylic acids is 1. The zero-order valence-electron chi connectivity index (χ0n) is 4.29. The van der Waals surface area contributed by atoms with E-state index in [2.05, 4.69) is 0 Å². The molecular formula is C4H7NOS2. The molecule has 46 valence electrons. The highest BCUT2D eigenvalue weighted by Gasteiger charge is 2.20. The van der Waals surface area contributed by atoms with Gasteiger partial charge in [-0.15, -0.1) is 0 Å². The first-order chi connectivity index (χ1) is 3.80. The summed E-state index contributed by atoms with van der Waals surface area (Å²) in [6, 6.07) is 0. The van der Waals surface area contributed by atoms with Crippen molar-refractivity contribution in [2.24, 2.45) is 5.73 Å². The van der Waals surface area contributed by atoms with Crippen molar-refractivity contribution in [2.45, 2.75) is 11.7 Å². The fraction of sp³-hybridized carbons (Fsp3) is 0.750. The third-order valence-corrected chi connectivity index (χ3v) is 3.81. The molecule has 8 heavy (non-hydrogen) atoms. The van der Waals surface area contributed by atoms with Gasteiger partial charge in [-0.3, -0.25) is 4.79 Å². The molecule has 0 unspecified atom stereocenters. The smallest absolute Gasteiger partial charge is 0.231 e. The molecule has 1 aliphatic rings. The predicted octanol–water partition coefficient (Wildman–Crippen LogP) is 0.625. The van der Waals surface area contributed by atoms with Crippen molar-refractivity contribution in [3.63, 3.8) is 0 Å². The number of nitrogens with two attached hydrogens (primary N) is 1. The molecule has 1 fully saturated rings. The molecule has 0 bridgehead atoms. The van der Waals surface area contributed by atoms with E-state index in [1.807, 2.05) is 0 Å². The van der Waals surface area contributed by atoms with Crippen LogP contribution in [0.1, 0.15) is 6.42 Å². The van der Waals surface area contributed by atoms with Gasteiger partial charge in [0.05, 0.1) is 5.25 Å². The second-order valence-electron chi connectivity index (χ2n) is 1.60. The van der Waals surface area contributed by atoms with Crippen LogP contribution < -0.4 is 5.73 Å². The minimum atomic E-state index is -0.167. The topological polar surface area (TPSA) is 43.1 Å². The standard InChI is InChI=1S/C4H7NOS2/c5-4(6)3-1-2-7-8-3/h3H,1-2H2,(H2,5,6)/t3-/m1/s1. The molecule has 1 aliphatic heterocycles. The van der Waals surface area contributed by atoms with Crippen molar-refractivity contribution in [1.29, 1.82) is 0 Å². The molecule has 0 spiro atoms. The Balaban J connectivity index is 2.35. The first kappa shape index (κ1) is 6.29. The zero-order valence-corrected chi connectivity index (χ0v) is 5.93. The third kappa shape index (κ3) is 1.32. The van der Waals surface area contributed by atoms with Gasteiger partial charge in [-0.2, -0.15) is 0 Å². The largest absolute Gasteiger partial charge is 0.369 e. The molecule has 1 atom stereocenters. The Morgan fingerprint density at radius 2 is 2.50 bits per heavy atom. The molecule has 0 aromatic carbocycles. The lowest BCUT2D eigenvalue weighted by atomic mass is 10.3. The highest BCUT2D eigenvalue weighted by molar-refractivity contribution is 8.77. The number of hydrogen-bond donors (Lipinski definition) is 1. The predicted molar refractivity (Wildman–Crippen MR) is 37.6 cm³/mol. The molecule has 0 aromatic rings. The zero-order chi connectivity index (χ0) is 5.98. The second kappa shape index (κ2) is 2.64. The van der Waals surface area contributed by atoms with E-state index in [1.54, 1.807) is 21.6 Å². The Kier molecular flexibility index (Phi) is 2.08. The minimum Gasteiger partial charge on any atom is -0.369 e. The van der Waals surface area contributed by atoms with Crippen LogP contribution in [0.2, 0.25) is 0 Å². The van der Waals surface area contributed by atoms with E-state index in [1.165, 1.54) is 0 Å². The summed E-state index contributed by atoms with van der Waals surface area (Å²) in [5, 5.41) is 0.0833. The van der Waals surface area contributed by atoms with Gasteiger partial charge in [-0.25, -0.2) is 0 Å². The van der Waals surface area contributed by atoms with Gasteiger partial charge < -0.3 is 5.73 Å². The number of hydrogen-bond acceptors (Lipinski definition) is 3. The molecule has 0 aromatic heterocycles. The number of amides is 1. The SMILES string of the molecule is NC(=O)[C@H]1CCSS1. The maximum Gasteiger partial charge on any atom is 0.231 e.